The van der Waals surface area contributed by atoms with E-state index in [0.29, 0.717) is 6.42 Å². The molecule has 0 aliphatic heterocycles. The zero-order valence-corrected chi connectivity index (χ0v) is 11.8. The Bertz CT molecular complexity index is 608. The van der Waals surface area contributed by atoms with Crippen molar-refractivity contribution in [1.29, 1.82) is 10.5 Å². The first-order chi connectivity index (χ1) is 10.5. The Morgan fingerprint density at radius 1 is 1.41 bits per heavy atom. The van der Waals surface area contributed by atoms with Gasteiger partial charge in [0.25, 0.3) is 0 Å². The maximum absolute atomic E-state index is 12.3. The lowest BCUT2D eigenvalue weighted by molar-refractivity contribution is -0.0493. The summed E-state index contributed by atoms with van der Waals surface area (Å²) in [5.41, 5.74) is 0.129. The fourth-order valence-electron chi connectivity index (χ4n) is 1.65. The molecule has 8 heteroatoms. The van der Waals surface area contributed by atoms with Gasteiger partial charge in [-0.25, -0.2) is 4.79 Å². The summed E-state index contributed by atoms with van der Waals surface area (Å²) in [6, 6.07) is 6.44. The van der Waals surface area contributed by atoms with Crippen LogP contribution < -0.4 is 15.4 Å². The van der Waals surface area contributed by atoms with E-state index < -0.39 is 12.6 Å². The summed E-state index contributed by atoms with van der Waals surface area (Å²) >= 11 is 0. The van der Waals surface area contributed by atoms with Gasteiger partial charge in [-0.1, -0.05) is 6.92 Å². The lowest BCUT2D eigenvalue weighted by Gasteiger charge is -2.16. The lowest BCUT2D eigenvalue weighted by Crippen LogP contribution is -2.37. The number of carbonyl (C=O) groups excluding carboxylic acids is 1. The number of urea groups is 1. The third kappa shape index (κ3) is 5.25. The second-order valence-corrected chi connectivity index (χ2v) is 4.27. The molecule has 0 aliphatic carbocycles. The molecule has 0 radical (unpaired) electrons. The van der Waals surface area contributed by atoms with Gasteiger partial charge in [-0.3, -0.25) is 0 Å². The Kier molecular flexibility index (Phi) is 6.58. The van der Waals surface area contributed by atoms with Gasteiger partial charge in [0.1, 0.15) is 5.75 Å². The number of nitrogens with one attached hydrogen (secondary N) is 2. The van der Waals surface area contributed by atoms with E-state index in [2.05, 4.69) is 15.4 Å². The Balaban J connectivity index is 2.88. The van der Waals surface area contributed by atoms with Crippen molar-refractivity contribution in [3.8, 4) is 17.9 Å². The van der Waals surface area contributed by atoms with Crippen LogP contribution in [0.5, 0.6) is 5.75 Å². The quantitative estimate of drug-likeness (QED) is 0.844. The SMILES string of the molecule is CCC(CC#N)NC(=O)Nc1cc(C#N)ccc1OC(F)F. The van der Waals surface area contributed by atoms with E-state index in [1.807, 2.05) is 12.1 Å². The van der Waals surface area contributed by atoms with Crippen LogP contribution in [0.25, 0.3) is 0 Å². The van der Waals surface area contributed by atoms with Crippen LogP contribution in [0.4, 0.5) is 19.3 Å². The average Bonchev–Trinajstić information content (AvgIpc) is 2.48. The fraction of sp³-hybridized carbons (Fsp3) is 0.357. The smallest absolute Gasteiger partial charge is 0.387 e. The molecule has 2 N–H and O–H groups in total. The van der Waals surface area contributed by atoms with Crippen molar-refractivity contribution in [3.63, 3.8) is 0 Å². The number of ether oxygens (including phenoxy) is 1. The summed E-state index contributed by atoms with van der Waals surface area (Å²) in [5.74, 6) is -0.252. The summed E-state index contributed by atoms with van der Waals surface area (Å²) in [7, 11) is 0. The maximum Gasteiger partial charge on any atom is 0.387 e. The number of anilines is 1. The average molecular weight is 308 g/mol. The second kappa shape index (κ2) is 8.42. The number of hydrogen-bond acceptors (Lipinski definition) is 4. The van der Waals surface area contributed by atoms with Crippen molar-refractivity contribution in [2.75, 3.05) is 5.32 Å². The summed E-state index contributed by atoms with van der Waals surface area (Å²) in [6.45, 7) is -1.26. The maximum atomic E-state index is 12.3. The summed E-state index contributed by atoms with van der Waals surface area (Å²) < 4.78 is 29.0. The standard InChI is InChI=1S/C14H14F2N4O2/c1-2-10(5-6-17)19-14(21)20-11-7-9(8-18)3-4-12(11)22-13(15)16/h3-4,7,10,13H,2,5H2,1H3,(H2,19,20,21). The highest BCUT2D eigenvalue weighted by Gasteiger charge is 2.15. The highest BCUT2D eigenvalue weighted by molar-refractivity contribution is 5.91. The number of nitrogens with zero attached hydrogens (tertiary/aromatic N) is 2. The molecule has 1 unspecified atom stereocenters. The highest BCUT2D eigenvalue weighted by Crippen LogP contribution is 2.27. The monoisotopic (exact) mass is 308 g/mol. The van der Waals surface area contributed by atoms with Crippen molar-refractivity contribution in [2.24, 2.45) is 0 Å². The number of nitriles is 2. The zero-order chi connectivity index (χ0) is 16.5. The fourth-order valence-corrected chi connectivity index (χ4v) is 1.65. The lowest BCUT2D eigenvalue weighted by atomic mass is 10.2. The minimum absolute atomic E-state index is 0.0522. The van der Waals surface area contributed by atoms with Crippen molar-refractivity contribution in [1.82, 2.24) is 5.32 Å². The van der Waals surface area contributed by atoms with E-state index in [9.17, 15) is 13.6 Å². The number of carbonyl (C=O) groups is 1. The molecule has 0 spiro atoms. The highest BCUT2D eigenvalue weighted by atomic mass is 19.3. The number of halogens is 2. The van der Waals surface area contributed by atoms with E-state index in [0.717, 1.165) is 0 Å². The van der Waals surface area contributed by atoms with Gasteiger partial charge in [0, 0.05) is 6.04 Å². The van der Waals surface area contributed by atoms with Crippen molar-refractivity contribution < 1.29 is 18.3 Å². The Morgan fingerprint density at radius 3 is 2.68 bits per heavy atom. The second-order valence-electron chi connectivity index (χ2n) is 4.27. The third-order valence-electron chi connectivity index (χ3n) is 2.74. The largest absolute Gasteiger partial charge is 0.433 e. The molecule has 116 valence electrons. The molecule has 22 heavy (non-hydrogen) atoms. The minimum Gasteiger partial charge on any atom is -0.433 e. The van der Waals surface area contributed by atoms with Crippen molar-refractivity contribution in [3.05, 3.63) is 23.8 Å². The Labute approximate surface area is 126 Å². The van der Waals surface area contributed by atoms with Crippen LogP contribution in [0.1, 0.15) is 25.3 Å². The topological polar surface area (TPSA) is 97.9 Å². The van der Waals surface area contributed by atoms with Crippen LogP contribution in [0.3, 0.4) is 0 Å². The number of benzene rings is 1. The zero-order valence-electron chi connectivity index (χ0n) is 11.8. The van der Waals surface area contributed by atoms with Crippen LogP contribution in [0, 0.1) is 22.7 Å². The molecule has 0 fully saturated rings. The van der Waals surface area contributed by atoms with Crippen LogP contribution >= 0.6 is 0 Å². The van der Waals surface area contributed by atoms with Crippen LogP contribution in [-0.4, -0.2) is 18.7 Å². The van der Waals surface area contributed by atoms with E-state index in [4.69, 9.17) is 10.5 Å². The first-order valence-corrected chi connectivity index (χ1v) is 6.43. The molecule has 1 aromatic carbocycles. The molecule has 0 heterocycles. The molecule has 6 nitrogen and oxygen atoms in total. The van der Waals surface area contributed by atoms with Crippen LogP contribution in [0.2, 0.25) is 0 Å². The molecule has 1 atom stereocenters. The van der Waals surface area contributed by atoms with Gasteiger partial charge in [0.05, 0.1) is 29.8 Å². The number of rotatable bonds is 6. The van der Waals surface area contributed by atoms with E-state index in [1.165, 1.54) is 18.2 Å². The van der Waals surface area contributed by atoms with Gasteiger partial charge in [-0.15, -0.1) is 0 Å². The van der Waals surface area contributed by atoms with E-state index in [-0.39, 0.29) is 29.5 Å². The molecular formula is C14H14F2N4O2. The molecule has 1 aromatic rings. The molecule has 0 aliphatic rings. The minimum atomic E-state index is -3.06. The van der Waals surface area contributed by atoms with Gasteiger partial charge in [-0.2, -0.15) is 19.3 Å². The summed E-state index contributed by atoms with van der Waals surface area (Å²) in [5, 5.41) is 22.3. The normalized spacial score (nSPS) is 11.2. The molecule has 2 amide bonds. The predicted octanol–water partition coefficient (Wildman–Crippen LogP) is 2.97. The van der Waals surface area contributed by atoms with Gasteiger partial charge in [-0.05, 0) is 24.6 Å². The van der Waals surface area contributed by atoms with E-state index in [1.54, 1.807) is 6.92 Å². The van der Waals surface area contributed by atoms with Gasteiger partial charge >= 0.3 is 12.6 Å². The third-order valence-corrected chi connectivity index (χ3v) is 2.74. The first kappa shape index (κ1) is 17.2. The summed E-state index contributed by atoms with van der Waals surface area (Å²) in [6.07, 6.45) is 0.669. The number of amides is 2. The summed E-state index contributed by atoms with van der Waals surface area (Å²) in [4.78, 5) is 11.8. The van der Waals surface area contributed by atoms with Crippen LogP contribution in [0.15, 0.2) is 18.2 Å². The first-order valence-electron chi connectivity index (χ1n) is 6.43. The molecule has 0 aromatic heterocycles. The molecule has 0 saturated heterocycles. The van der Waals surface area contributed by atoms with Crippen molar-refractivity contribution >= 4 is 11.7 Å². The Morgan fingerprint density at radius 2 is 2.14 bits per heavy atom. The van der Waals surface area contributed by atoms with Crippen LogP contribution in [-0.2, 0) is 0 Å². The molecular weight excluding hydrogens is 294 g/mol. The number of hydrogen-bond donors (Lipinski definition) is 2. The Hall–Kier alpha value is -2.87. The van der Waals surface area contributed by atoms with Gasteiger partial charge in [0.15, 0.2) is 0 Å². The number of alkyl halides is 2. The molecule has 1 rings (SSSR count). The molecule has 0 saturated carbocycles. The molecule has 0 bridgehead atoms. The van der Waals surface area contributed by atoms with Gasteiger partial charge in [0.2, 0.25) is 0 Å². The van der Waals surface area contributed by atoms with Gasteiger partial charge < -0.3 is 15.4 Å². The predicted molar refractivity (Wildman–Crippen MR) is 74.3 cm³/mol. The van der Waals surface area contributed by atoms with Crippen molar-refractivity contribution in [2.45, 2.75) is 32.4 Å². The van der Waals surface area contributed by atoms with E-state index >= 15 is 0 Å².